The van der Waals surface area contributed by atoms with Gasteiger partial charge in [-0.2, -0.15) is 0 Å². The average molecular weight is 335 g/mol. The number of benzene rings is 2. The number of nitrogens with zero attached hydrogens (tertiary/aromatic N) is 4. The Kier molecular flexibility index (Phi) is 3.95. The largest absolute Gasteiger partial charge is 0.457 e. The van der Waals surface area contributed by atoms with Gasteiger partial charge in [0.25, 0.3) is 0 Å². The lowest BCUT2D eigenvalue weighted by molar-refractivity contribution is 0.358. The van der Waals surface area contributed by atoms with Gasteiger partial charge in [0.05, 0.1) is 12.4 Å². The van der Waals surface area contributed by atoms with Gasteiger partial charge in [-0.1, -0.05) is 12.1 Å². The highest BCUT2D eigenvalue weighted by Crippen LogP contribution is 2.29. The average Bonchev–Trinajstić information content (AvgIpc) is 3.24. The monoisotopic (exact) mass is 335 g/mol. The maximum atomic E-state index is 6.08. The second-order valence-corrected chi connectivity index (χ2v) is 6.14. The molecule has 2 aromatic carbocycles. The Morgan fingerprint density at radius 2 is 1.56 bits per heavy atom. The van der Waals surface area contributed by atoms with Crippen molar-refractivity contribution >= 4 is 11.4 Å². The molecule has 1 N–H and O–H groups in total. The van der Waals surface area contributed by atoms with Crippen molar-refractivity contribution in [3.8, 4) is 11.5 Å². The molecule has 0 unspecified atom stereocenters. The summed E-state index contributed by atoms with van der Waals surface area (Å²) in [5.41, 5.74) is 5.32. The van der Waals surface area contributed by atoms with Gasteiger partial charge < -0.3 is 14.5 Å². The van der Waals surface area contributed by atoms with Crippen molar-refractivity contribution in [1.29, 1.82) is 0 Å². The van der Waals surface area contributed by atoms with Gasteiger partial charge in [-0.15, -0.1) is 5.53 Å². The number of anilines is 2. The van der Waals surface area contributed by atoms with Crippen molar-refractivity contribution in [1.82, 2.24) is 15.4 Å². The quantitative estimate of drug-likeness (QED) is 0.923. The zero-order valence-corrected chi connectivity index (χ0v) is 14.3. The highest BCUT2D eigenvalue weighted by Gasteiger charge is 2.13. The van der Waals surface area contributed by atoms with E-state index in [4.69, 9.17) is 4.74 Å². The number of nitrogens with one attached hydrogen (secondary N) is 1. The van der Waals surface area contributed by atoms with E-state index in [1.54, 1.807) is 0 Å². The van der Waals surface area contributed by atoms with Crippen LogP contribution in [-0.2, 0) is 0 Å². The minimum Gasteiger partial charge on any atom is -0.457 e. The molecule has 2 aromatic rings. The van der Waals surface area contributed by atoms with Gasteiger partial charge in [0.15, 0.2) is 0 Å². The number of ether oxygens (including phenoxy) is 1. The summed E-state index contributed by atoms with van der Waals surface area (Å²) in [6, 6.07) is 16.1. The van der Waals surface area contributed by atoms with Crippen molar-refractivity contribution in [2.24, 2.45) is 0 Å². The second kappa shape index (κ2) is 6.41. The van der Waals surface area contributed by atoms with E-state index in [1.807, 2.05) is 65.9 Å². The third-order valence-corrected chi connectivity index (χ3v) is 4.06. The van der Waals surface area contributed by atoms with E-state index in [2.05, 4.69) is 46.9 Å². The molecule has 6 nitrogen and oxygen atoms in total. The molecule has 0 amide bonds. The molecule has 2 aliphatic rings. The zero-order valence-electron chi connectivity index (χ0n) is 14.3. The van der Waals surface area contributed by atoms with Crippen molar-refractivity contribution in [2.45, 2.75) is 0 Å². The summed E-state index contributed by atoms with van der Waals surface area (Å²) in [7, 11) is 4.01. The molecule has 0 atom stereocenters. The Morgan fingerprint density at radius 3 is 2.20 bits per heavy atom. The van der Waals surface area contributed by atoms with Crippen LogP contribution >= 0.6 is 0 Å². The molecule has 0 aromatic heterocycles. The topological polar surface area (TPSA) is 34.2 Å². The smallest absolute Gasteiger partial charge is 0.129 e. The first kappa shape index (κ1) is 15.4. The van der Waals surface area contributed by atoms with Gasteiger partial charge in [0.2, 0.25) is 0 Å². The maximum absolute atomic E-state index is 6.08. The van der Waals surface area contributed by atoms with Crippen LogP contribution in [0, 0.1) is 0 Å². The van der Waals surface area contributed by atoms with Crippen molar-refractivity contribution in [2.75, 3.05) is 30.7 Å². The van der Waals surface area contributed by atoms with Crippen LogP contribution in [-0.4, -0.2) is 30.7 Å². The molecule has 25 heavy (non-hydrogen) atoms. The molecule has 0 fully saturated rings. The van der Waals surface area contributed by atoms with Gasteiger partial charge >= 0.3 is 0 Å². The predicted octanol–water partition coefficient (Wildman–Crippen LogP) is 3.30. The van der Waals surface area contributed by atoms with E-state index < -0.39 is 0 Å². The van der Waals surface area contributed by atoms with Crippen LogP contribution in [0.5, 0.6) is 11.5 Å². The molecule has 2 aliphatic heterocycles. The molecule has 0 saturated heterocycles. The first-order valence-electron chi connectivity index (χ1n) is 8.17. The molecular formula is C19H21N5O. The van der Waals surface area contributed by atoms with Crippen molar-refractivity contribution < 1.29 is 4.74 Å². The minimum absolute atomic E-state index is 0.800. The van der Waals surface area contributed by atoms with E-state index in [-0.39, 0.29) is 0 Å². The zero-order chi connectivity index (χ0) is 17.2. The van der Waals surface area contributed by atoms with Crippen LogP contribution < -0.4 is 20.2 Å². The molecular weight excluding hydrogens is 314 g/mol. The van der Waals surface area contributed by atoms with Gasteiger partial charge in [0, 0.05) is 56.7 Å². The fourth-order valence-corrected chi connectivity index (χ4v) is 2.80. The molecule has 128 valence electrons. The van der Waals surface area contributed by atoms with Gasteiger partial charge in [-0.05, 0) is 24.3 Å². The van der Waals surface area contributed by atoms with E-state index >= 15 is 0 Å². The molecule has 0 radical (unpaired) electrons. The van der Waals surface area contributed by atoms with Crippen LogP contribution in [0.15, 0.2) is 73.3 Å². The van der Waals surface area contributed by atoms with Crippen molar-refractivity contribution in [3.63, 3.8) is 0 Å². The lowest BCUT2D eigenvalue weighted by Gasteiger charge is -2.20. The first-order chi connectivity index (χ1) is 12.2. The number of hydrogen-bond acceptors (Lipinski definition) is 6. The Morgan fingerprint density at radius 1 is 0.840 bits per heavy atom. The summed E-state index contributed by atoms with van der Waals surface area (Å²) >= 11 is 0. The Balaban J connectivity index is 1.51. The third-order valence-electron chi connectivity index (χ3n) is 4.06. The minimum atomic E-state index is 0.800. The summed E-state index contributed by atoms with van der Waals surface area (Å²) in [5, 5.41) is 3.83. The number of hydrogen-bond donors (Lipinski definition) is 1. The molecule has 0 spiro atoms. The van der Waals surface area contributed by atoms with Crippen LogP contribution in [0.2, 0.25) is 0 Å². The Labute approximate surface area is 147 Å². The Hall–Kier alpha value is -3.12. The molecule has 0 saturated carbocycles. The van der Waals surface area contributed by atoms with Gasteiger partial charge in [-0.25, -0.2) is 0 Å². The van der Waals surface area contributed by atoms with Crippen LogP contribution in [0.3, 0.4) is 0 Å². The second-order valence-electron chi connectivity index (χ2n) is 6.14. The summed E-state index contributed by atoms with van der Waals surface area (Å²) < 4.78 is 6.08. The fraction of sp³-hybridized carbons (Fsp3) is 0.158. The van der Waals surface area contributed by atoms with Crippen LogP contribution in [0.4, 0.5) is 11.4 Å². The standard InChI is InChI=1S/C19H21N5O/c1-21-9-11-23(15-21)16-5-3-7-18(13-16)25-19-8-4-6-17(14-19)24-12-10-22(2)20-24/h3-14,20H,15H2,1-2H3. The molecule has 4 rings (SSSR count). The van der Waals surface area contributed by atoms with Crippen molar-refractivity contribution in [3.05, 3.63) is 73.3 Å². The SMILES string of the molecule is CN1C=CN(c2cccc(Oc3cccc(N4C=CN(C)N4)c3)c2)C1. The predicted molar refractivity (Wildman–Crippen MR) is 99.7 cm³/mol. The fourth-order valence-electron chi connectivity index (χ4n) is 2.80. The molecule has 0 aliphatic carbocycles. The molecule has 0 bridgehead atoms. The van der Waals surface area contributed by atoms with Gasteiger partial charge in [0.1, 0.15) is 11.5 Å². The third kappa shape index (κ3) is 3.39. The summed E-state index contributed by atoms with van der Waals surface area (Å²) in [5.74, 6) is 1.62. The van der Waals surface area contributed by atoms with Crippen LogP contribution in [0.1, 0.15) is 0 Å². The first-order valence-corrected chi connectivity index (χ1v) is 8.17. The number of hydrazine groups is 2. The normalized spacial score (nSPS) is 16.2. The summed E-state index contributed by atoms with van der Waals surface area (Å²) in [6.45, 7) is 0.847. The maximum Gasteiger partial charge on any atom is 0.129 e. The Bertz CT molecular complexity index is 751. The highest BCUT2D eigenvalue weighted by atomic mass is 16.5. The molecule has 6 heteroatoms. The van der Waals surface area contributed by atoms with E-state index in [0.29, 0.717) is 0 Å². The lowest BCUT2D eigenvalue weighted by Crippen LogP contribution is -2.36. The summed E-state index contributed by atoms with van der Waals surface area (Å²) in [6.07, 6.45) is 8.06. The van der Waals surface area contributed by atoms with E-state index in [1.165, 1.54) is 0 Å². The number of rotatable bonds is 4. The highest BCUT2D eigenvalue weighted by molar-refractivity contribution is 5.56. The van der Waals surface area contributed by atoms with E-state index in [0.717, 1.165) is 29.5 Å². The molecule has 2 heterocycles. The lowest BCUT2D eigenvalue weighted by atomic mass is 10.2. The van der Waals surface area contributed by atoms with Crippen LogP contribution in [0.25, 0.3) is 0 Å². The van der Waals surface area contributed by atoms with E-state index in [9.17, 15) is 0 Å². The van der Waals surface area contributed by atoms with Gasteiger partial charge in [-0.3, -0.25) is 10.0 Å². The summed E-state index contributed by atoms with van der Waals surface area (Å²) in [4.78, 5) is 4.31.